The van der Waals surface area contributed by atoms with Gasteiger partial charge in [0, 0.05) is 24.0 Å². The van der Waals surface area contributed by atoms with Crippen LogP contribution in [0, 0.1) is 0 Å². The molecule has 0 saturated carbocycles. The van der Waals surface area contributed by atoms with Gasteiger partial charge in [-0.1, -0.05) is 36.4 Å². The van der Waals surface area contributed by atoms with Crippen molar-refractivity contribution in [1.29, 1.82) is 0 Å². The lowest BCUT2D eigenvalue weighted by atomic mass is 10.2. The fourth-order valence-corrected chi connectivity index (χ4v) is 4.10. The predicted molar refractivity (Wildman–Crippen MR) is 108 cm³/mol. The smallest absolute Gasteiger partial charge is 0.160 e. The SMILES string of the molecule is c1ccc(-c2cc3c(NCCc4nnc5ccccn45)ncnc3s2)cc1. The van der Waals surface area contributed by atoms with Gasteiger partial charge in [-0.2, -0.15) is 0 Å². The van der Waals surface area contributed by atoms with Crippen LogP contribution in [0.4, 0.5) is 5.82 Å². The monoisotopic (exact) mass is 372 g/mol. The summed E-state index contributed by atoms with van der Waals surface area (Å²) in [6, 6.07) is 18.4. The van der Waals surface area contributed by atoms with Gasteiger partial charge in [0.2, 0.25) is 0 Å². The number of anilines is 1. The first-order valence-corrected chi connectivity index (χ1v) is 9.52. The summed E-state index contributed by atoms with van der Waals surface area (Å²) in [5.41, 5.74) is 2.06. The molecule has 0 bridgehead atoms. The van der Waals surface area contributed by atoms with Crippen molar-refractivity contribution in [1.82, 2.24) is 24.6 Å². The van der Waals surface area contributed by atoms with Gasteiger partial charge < -0.3 is 5.32 Å². The minimum Gasteiger partial charge on any atom is -0.369 e. The molecule has 0 radical (unpaired) electrons. The predicted octanol–water partition coefficient (Wildman–Crippen LogP) is 4.06. The van der Waals surface area contributed by atoms with Crippen LogP contribution < -0.4 is 5.32 Å². The molecule has 1 aromatic carbocycles. The van der Waals surface area contributed by atoms with E-state index in [0.29, 0.717) is 0 Å². The van der Waals surface area contributed by atoms with Crippen LogP contribution in [0.3, 0.4) is 0 Å². The fraction of sp³-hybridized carbons (Fsp3) is 0.100. The molecule has 6 nitrogen and oxygen atoms in total. The summed E-state index contributed by atoms with van der Waals surface area (Å²) in [5.74, 6) is 1.78. The Hall–Kier alpha value is -3.32. The van der Waals surface area contributed by atoms with Crippen LogP contribution in [-0.4, -0.2) is 31.1 Å². The number of hydrogen-bond acceptors (Lipinski definition) is 6. The zero-order chi connectivity index (χ0) is 18.1. The topological polar surface area (TPSA) is 68.0 Å². The number of rotatable bonds is 5. The Bertz CT molecular complexity index is 1210. The molecule has 132 valence electrons. The quantitative estimate of drug-likeness (QED) is 0.504. The highest BCUT2D eigenvalue weighted by Crippen LogP contribution is 2.34. The average molecular weight is 372 g/mol. The van der Waals surface area contributed by atoms with E-state index in [2.05, 4.69) is 43.7 Å². The van der Waals surface area contributed by atoms with Gasteiger partial charge in [-0.05, 0) is 23.8 Å². The summed E-state index contributed by atoms with van der Waals surface area (Å²) in [7, 11) is 0. The van der Waals surface area contributed by atoms with E-state index in [4.69, 9.17) is 0 Å². The third kappa shape index (κ3) is 3.02. The van der Waals surface area contributed by atoms with Crippen molar-refractivity contribution in [3.05, 3.63) is 72.9 Å². The minimum atomic E-state index is 0.721. The van der Waals surface area contributed by atoms with Crippen LogP contribution in [0.25, 0.3) is 26.3 Å². The number of pyridine rings is 1. The lowest BCUT2D eigenvalue weighted by Crippen LogP contribution is -2.09. The van der Waals surface area contributed by atoms with Gasteiger partial charge in [-0.15, -0.1) is 21.5 Å². The number of fused-ring (bicyclic) bond motifs is 2. The van der Waals surface area contributed by atoms with Crippen LogP contribution in [-0.2, 0) is 6.42 Å². The zero-order valence-electron chi connectivity index (χ0n) is 14.4. The van der Waals surface area contributed by atoms with E-state index in [-0.39, 0.29) is 0 Å². The summed E-state index contributed by atoms with van der Waals surface area (Å²) in [5, 5.41) is 12.9. The largest absolute Gasteiger partial charge is 0.369 e. The maximum atomic E-state index is 4.44. The summed E-state index contributed by atoms with van der Waals surface area (Å²) < 4.78 is 2.01. The first-order valence-electron chi connectivity index (χ1n) is 8.71. The third-order valence-electron chi connectivity index (χ3n) is 4.41. The number of nitrogens with one attached hydrogen (secondary N) is 1. The number of hydrogen-bond donors (Lipinski definition) is 1. The van der Waals surface area contributed by atoms with Crippen molar-refractivity contribution in [3.63, 3.8) is 0 Å². The molecule has 0 unspecified atom stereocenters. The second kappa shape index (κ2) is 6.77. The van der Waals surface area contributed by atoms with Crippen LogP contribution in [0.1, 0.15) is 5.82 Å². The lowest BCUT2D eigenvalue weighted by molar-refractivity contribution is 0.868. The van der Waals surface area contributed by atoms with Crippen LogP contribution in [0.15, 0.2) is 67.1 Å². The molecule has 0 spiro atoms. The van der Waals surface area contributed by atoms with E-state index in [1.165, 1.54) is 10.4 Å². The summed E-state index contributed by atoms with van der Waals surface area (Å²) in [6.45, 7) is 0.721. The molecule has 5 rings (SSSR count). The molecule has 4 heterocycles. The number of aromatic nitrogens is 5. The van der Waals surface area contributed by atoms with Crippen LogP contribution in [0.5, 0.6) is 0 Å². The second-order valence-electron chi connectivity index (χ2n) is 6.14. The van der Waals surface area contributed by atoms with Crippen LogP contribution >= 0.6 is 11.3 Å². The number of thiophene rings is 1. The van der Waals surface area contributed by atoms with Gasteiger partial charge in [0.25, 0.3) is 0 Å². The van der Waals surface area contributed by atoms with Gasteiger partial charge in [-0.3, -0.25) is 4.40 Å². The molecule has 0 aliphatic heterocycles. The van der Waals surface area contributed by atoms with Gasteiger partial charge in [0.1, 0.15) is 22.8 Å². The molecule has 4 aromatic heterocycles. The summed E-state index contributed by atoms with van der Waals surface area (Å²) in [4.78, 5) is 11.0. The van der Waals surface area contributed by atoms with E-state index < -0.39 is 0 Å². The molecule has 27 heavy (non-hydrogen) atoms. The molecular formula is C20H16N6S. The van der Waals surface area contributed by atoms with E-state index in [0.717, 1.165) is 40.5 Å². The molecule has 5 aromatic rings. The summed E-state index contributed by atoms with van der Waals surface area (Å²) in [6.07, 6.45) is 4.35. The average Bonchev–Trinajstić information content (AvgIpc) is 3.34. The third-order valence-corrected chi connectivity index (χ3v) is 5.51. The highest BCUT2D eigenvalue weighted by molar-refractivity contribution is 7.21. The Morgan fingerprint density at radius 3 is 2.78 bits per heavy atom. The normalized spacial score (nSPS) is 11.3. The van der Waals surface area contributed by atoms with Gasteiger partial charge >= 0.3 is 0 Å². The first kappa shape index (κ1) is 15.9. The molecular weight excluding hydrogens is 356 g/mol. The van der Waals surface area contributed by atoms with Crippen molar-refractivity contribution in [2.45, 2.75) is 6.42 Å². The Morgan fingerprint density at radius 1 is 0.963 bits per heavy atom. The van der Waals surface area contributed by atoms with Gasteiger partial charge in [0.05, 0.1) is 5.39 Å². The van der Waals surface area contributed by atoms with E-state index in [9.17, 15) is 0 Å². The van der Waals surface area contributed by atoms with Crippen molar-refractivity contribution in [3.8, 4) is 10.4 Å². The van der Waals surface area contributed by atoms with Crippen molar-refractivity contribution in [2.24, 2.45) is 0 Å². The Balaban J connectivity index is 1.38. The number of nitrogens with zero attached hydrogens (tertiary/aromatic N) is 5. The standard InChI is InChI=1S/C20H16N6S/c1-2-6-14(7-3-1)16-12-15-19(22-13-23-20(15)27-16)21-10-9-18-25-24-17-8-4-5-11-26(17)18/h1-8,11-13H,9-10H2,(H,21,22,23). The van der Waals surface area contributed by atoms with E-state index in [1.807, 2.05) is 47.0 Å². The van der Waals surface area contributed by atoms with Crippen molar-refractivity contribution in [2.75, 3.05) is 11.9 Å². The minimum absolute atomic E-state index is 0.721. The fourth-order valence-electron chi connectivity index (χ4n) is 3.10. The Kier molecular flexibility index (Phi) is 3.99. The molecule has 0 aliphatic rings. The molecule has 0 amide bonds. The Morgan fingerprint density at radius 2 is 1.85 bits per heavy atom. The van der Waals surface area contributed by atoms with Crippen molar-refractivity contribution < 1.29 is 0 Å². The lowest BCUT2D eigenvalue weighted by Gasteiger charge is -2.05. The zero-order valence-corrected chi connectivity index (χ0v) is 15.2. The second-order valence-corrected chi connectivity index (χ2v) is 7.17. The van der Waals surface area contributed by atoms with Gasteiger partial charge in [0.15, 0.2) is 5.65 Å². The molecule has 0 fully saturated rings. The first-order chi connectivity index (χ1) is 13.4. The van der Waals surface area contributed by atoms with E-state index >= 15 is 0 Å². The highest BCUT2D eigenvalue weighted by Gasteiger charge is 2.10. The molecule has 0 saturated heterocycles. The molecule has 7 heteroatoms. The molecule has 0 aliphatic carbocycles. The maximum Gasteiger partial charge on any atom is 0.160 e. The highest BCUT2D eigenvalue weighted by atomic mass is 32.1. The maximum absolute atomic E-state index is 4.44. The molecule has 1 N–H and O–H groups in total. The van der Waals surface area contributed by atoms with Crippen LogP contribution in [0.2, 0.25) is 0 Å². The van der Waals surface area contributed by atoms with Crippen molar-refractivity contribution >= 4 is 33.0 Å². The molecule has 0 atom stereocenters. The summed E-state index contributed by atoms with van der Waals surface area (Å²) >= 11 is 1.68. The number of benzene rings is 1. The Labute approximate surface area is 159 Å². The van der Waals surface area contributed by atoms with E-state index in [1.54, 1.807) is 17.7 Å². The van der Waals surface area contributed by atoms with Gasteiger partial charge in [-0.25, -0.2) is 9.97 Å².